The number of benzene rings is 2. The summed E-state index contributed by atoms with van der Waals surface area (Å²) in [6.07, 6.45) is 1.26. The van der Waals surface area contributed by atoms with Crippen molar-refractivity contribution in [2.75, 3.05) is 26.0 Å². The van der Waals surface area contributed by atoms with E-state index in [0.717, 1.165) is 35.3 Å². The van der Waals surface area contributed by atoms with Gasteiger partial charge in [-0.1, -0.05) is 5.16 Å². The summed E-state index contributed by atoms with van der Waals surface area (Å²) in [5.74, 6) is 1.21. The lowest BCUT2D eigenvalue weighted by Gasteiger charge is -2.15. The first-order valence-corrected chi connectivity index (χ1v) is 10.6. The van der Waals surface area contributed by atoms with Crippen LogP contribution >= 0.6 is 0 Å². The van der Waals surface area contributed by atoms with Gasteiger partial charge in [0, 0.05) is 23.7 Å². The van der Waals surface area contributed by atoms with E-state index >= 15 is 0 Å². The Morgan fingerprint density at radius 2 is 1.78 bits per heavy atom. The molecular formula is C25H30FN3O3. The molecular weight excluding hydrogens is 409 g/mol. The smallest absolute Gasteiger partial charge is 0.224 e. The minimum Gasteiger partial charge on any atom is -0.457 e. The van der Waals surface area contributed by atoms with Crippen LogP contribution in [0.5, 0.6) is 11.5 Å². The number of nitrogens with one attached hydrogen (secondary N) is 1. The Morgan fingerprint density at radius 1 is 1.09 bits per heavy atom. The number of halogens is 1. The van der Waals surface area contributed by atoms with Gasteiger partial charge in [-0.25, -0.2) is 4.39 Å². The van der Waals surface area contributed by atoms with Gasteiger partial charge in [-0.15, -0.1) is 0 Å². The Morgan fingerprint density at radius 3 is 2.38 bits per heavy atom. The van der Waals surface area contributed by atoms with Crippen LogP contribution in [0.25, 0.3) is 11.1 Å². The Balaban J connectivity index is 1.79. The van der Waals surface area contributed by atoms with E-state index in [-0.39, 0.29) is 5.91 Å². The quantitative estimate of drug-likeness (QED) is 0.481. The molecule has 6 nitrogen and oxygen atoms in total. The zero-order chi connectivity index (χ0) is 23.4. The fraction of sp³-hybridized carbons (Fsp3) is 0.360. The largest absolute Gasteiger partial charge is 0.457 e. The van der Waals surface area contributed by atoms with Crippen molar-refractivity contribution in [3.05, 3.63) is 58.7 Å². The molecule has 1 aromatic heterocycles. The van der Waals surface area contributed by atoms with Crippen LogP contribution in [-0.4, -0.2) is 36.6 Å². The standard InChI is InChI=1S/C25H30FN3O3/c1-15-10-21(27-23(30)8-7-9-29(5)6)11-16(2)25(15)31-22-13-19(12-20(26)14-22)24-17(3)28-32-18(24)4/h10-14H,7-9H2,1-6H3,(H,27,30). The second-order valence-electron chi connectivity index (χ2n) is 8.37. The molecule has 1 amide bonds. The number of aromatic nitrogens is 1. The third kappa shape index (κ3) is 5.73. The van der Waals surface area contributed by atoms with Crippen molar-refractivity contribution >= 4 is 11.6 Å². The molecule has 0 aliphatic heterocycles. The molecule has 0 aliphatic rings. The highest BCUT2D eigenvalue weighted by Crippen LogP contribution is 2.35. The SMILES string of the molecule is Cc1cc(NC(=O)CCCN(C)C)cc(C)c1Oc1cc(F)cc(-c2c(C)noc2C)c1. The molecule has 0 fully saturated rings. The zero-order valence-corrected chi connectivity index (χ0v) is 19.5. The van der Waals surface area contributed by atoms with E-state index in [1.807, 2.05) is 47.0 Å². The Labute approximate surface area is 188 Å². The normalized spacial score (nSPS) is 11.1. The number of carbonyl (C=O) groups is 1. The molecule has 0 bridgehead atoms. The number of hydrogen-bond donors (Lipinski definition) is 1. The van der Waals surface area contributed by atoms with Crippen molar-refractivity contribution < 1.29 is 18.4 Å². The highest BCUT2D eigenvalue weighted by atomic mass is 19.1. The molecule has 0 atom stereocenters. The van der Waals surface area contributed by atoms with E-state index in [1.165, 1.54) is 12.1 Å². The molecule has 170 valence electrons. The summed E-state index contributed by atoms with van der Waals surface area (Å²) in [7, 11) is 3.97. The van der Waals surface area contributed by atoms with Gasteiger partial charge in [0.15, 0.2) is 0 Å². The van der Waals surface area contributed by atoms with Crippen LogP contribution in [0.4, 0.5) is 10.1 Å². The first-order chi connectivity index (χ1) is 15.1. The van der Waals surface area contributed by atoms with Gasteiger partial charge in [0.1, 0.15) is 23.1 Å². The van der Waals surface area contributed by atoms with E-state index in [2.05, 4.69) is 15.4 Å². The number of hydrogen-bond acceptors (Lipinski definition) is 5. The summed E-state index contributed by atoms with van der Waals surface area (Å²) >= 11 is 0. The van der Waals surface area contributed by atoms with Crippen LogP contribution in [0.1, 0.15) is 35.4 Å². The van der Waals surface area contributed by atoms with Crippen molar-refractivity contribution in [3.8, 4) is 22.6 Å². The van der Waals surface area contributed by atoms with Crippen LogP contribution < -0.4 is 10.1 Å². The van der Waals surface area contributed by atoms with Crippen LogP contribution in [0, 0.1) is 33.5 Å². The predicted molar refractivity (Wildman–Crippen MR) is 124 cm³/mol. The molecule has 0 saturated carbocycles. The van der Waals surface area contributed by atoms with Crippen molar-refractivity contribution in [2.24, 2.45) is 0 Å². The third-order valence-corrected chi connectivity index (χ3v) is 5.17. The maximum Gasteiger partial charge on any atom is 0.224 e. The number of anilines is 1. The van der Waals surface area contributed by atoms with Gasteiger partial charge in [-0.3, -0.25) is 4.79 Å². The summed E-state index contributed by atoms with van der Waals surface area (Å²) in [4.78, 5) is 14.3. The lowest BCUT2D eigenvalue weighted by molar-refractivity contribution is -0.116. The predicted octanol–water partition coefficient (Wildman–Crippen LogP) is 5.79. The zero-order valence-electron chi connectivity index (χ0n) is 19.5. The number of aryl methyl sites for hydroxylation is 4. The molecule has 2 aromatic carbocycles. The fourth-order valence-corrected chi connectivity index (χ4v) is 3.74. The molecule has 0 unspecified atom stereocenters. The van der Waals surface area contributed by atoms with Gasteiger partial charge in [-0.2, -0.15) is 0 Å². The number of ether oxygens (including phenoxy) is 1. The molecule has 32 heavy (non-hydrogen) atoms. The molecule has 3 aromatic rings. The topological polar surface area (TPSA) is 67.6 Å². The molecule has 3 rings (SSSR count). The van der Waals surface area contributed by atoms with Gasteiger partial charge in [-0.05, 0) is 95.7 Å². The first-order valence-electron chi connectivity index (χ1n) is 10.6. The molecule has 1 N–H and O–H groups in total. The highest BCUT2D eigenvalue weighted by Gasteiger charge is 2.16. The van der Waals surface area contributed by atoms with Crippen molar-refractivity contribution in [1.29, 1.82) is 0 Å². The van der Waals surface area contributed by atoms with Crippen molar-refractivity contribution in [3.63, 3.8) is 0 Å². The minimum absolute atomic E-state index is 0.0199. The number of nitrogens with zero attached hydrogens (tertiary/aromatic N) is 2. The average Bonchev–Trinajstić information content (AvgIpc) is 3.02. The van der Waals surface area contributed by atoms with Crippen LogP contribution in [-0.2, 0) is 4.79 Å². The summed E-state index contributed by atoms with van der Waals surface area (Å²) in [6.45, 7) is 8.28. The summed E-state index contributed by atoms with van der Waals surface area (Å²) in [5, 5.41) is 6.90. The first kappa shape index (κ1) is 23.5. The van der Waals surface area contributed by atoms with Crippen LogP contribution in [0.3, 0.4) is 0 Å². The van der Waals surface area contributed by atoms with Gasteiger partial charge < -0.3 is 19.5 Å². The molecule has 0 spiro atoms. The Kier molecular flexibility index (Phi) is 7.30. The van der Waals surface area contributed by atoms with Crippen LogP contribution in [0.15, 0.2) is 34.9 Å². The molecule has 1 heterocycles. The number of carbonyl (C=O) groups excluding carboxylic acids is 1. The summed E-state index contributed by atoms with van der Waals surface area (Å²) in [5.41, 5.74) is 4.51. The summed E-state index contributed by atoms with van der Waals surface area (Å²) in [6, 6.07) is 8.28. The lowest BCUT2D eigenvalue weighted by atomic mass is 10.0. The Hall–Kier alpha value is -3.19. The van der Waals surface area contributed by atoms with E-state index in [1.54, 1.807) is 13.0 Å². The van der Waals surface area contributed by atoms with Gasteiger partial charge >= 0.3 is 0 Å². The monoisotopic (exact) mass is 439 g/mol. The van der Waals surface area contributed by atoms with E-state index < -0.39 is 5.82 Å². The van der Waals surface area contributed by atoms with Gasteiger partial charge in [0.2, 0.25) is 5.91 Å². The van der Waals surface area contributed by atoms with E-state index in [9.17, 15) is 9.18 Å². The third-order valence-electron chi connectivity index (χ3n) is 5.17. The highest BCUT2D eigenvalue weighted by molar-refractivity contribution is 5.91. The van der Waals surface area contributed by atoms with Gasteiger partial charge in [0.05, 0.1) is 5.69 Å². The fourth-order valence-electron chi connectivity index (χ4n) is 3.74. The molecule has 0 radical (unpaired) electrons. The maximum atomic E-state index is 14.4. The second kappa shape index (κ2) is 9.96. The van der Waals surface area contributed by atoms with E-state index in [0.29, 0.717) is 34.9 Å². The minimum atomic E-state index is -0.408. The van der Waals surface area contributed by atoms with Crippen molar-refractivity contribution in [2.45, 2.75) is 40.5 Å². The van der Waals surface area contributed by atoms with E-state index in [4.69, 9.17) is 9.26 Å². The molecule has 0 aliphatic carbocycles. The lowest BCUT2D eigenvalue weighted by Crippen LogP contribution is -2.17. The molecule has 7 heteroatoms. The number of amides is 1. The van der Waals surface area contributed by atoms with Crippen molar-refractivity contribution in [1.82, 2.24) is 10.1 Å². The maximum absolute atomic E-state index is 14.4. The average molecular weight is 440 g/mol. The number of rotatable bonds is 8. The molecule has 0 saturated heterocycles. The summed E-state index contributed by atoms with van der Waals surface area (Å²) < 4.78 is 25.7. The second-order valence-corrected chi connectivity index (χ2v) is 8.37. The Bertz CT molecular complexity index is 1080. The van der Waals surface area contributed by atoms with Gasteiger partial charge in [0.25, 0.3) is 0 Å². The van der Waals surface area contributed by atoms with Crippen LogP contribution in [0.2, 0.25) is 0 Å².